The van der Waals surface area contributed by atoms with E-state index in [1.807, 2.05) is 24.3 Å². The van der Waals surface area contributed by atoms with Crippen molar-refractivity contribution in [2.75, 3.05) is 11.5 Å². The number of amides is 1. The molecular formula is C28H29N5O5S. The number of sulfone groups is 1. The molecule has 1 spiro atoms. The van der Waals surface area contributed by atoms with Gasteiger partial charge in [0.15, 0.2) is 9.84 Å². The monoisotopic (exact) mass is 547 g/mol. The minimum Gasteiger partial charge on any atom is -0.490 e. The van der Waals surface area contributed by atoms with Crippen molar-refractivity contribution in [3.63, 3.8) is 0 Å². The fourth-order valence-electron chi connectivity index (χ4n) is 6.69. The zero-order chi connectivity index (χ0) is 26.8. The summed E-state index contributed by atoms with van der Waals surface area (Å²) in [6.07, 6.45) is 8.06. The van der Waals surface area contributed by atoms with Gasteiger partial charge in [-0.2, -0.15) is 5.10 Å². The highest BCUT2D eigenvalue weighted by molar-refractivity contribution is 7.91. The highest BCUT2D eigenvalue weighted by Crippen LogP contribution is 2.62. The molecule has 1 aliphatic heterocycles. The molecule has 2 saturated carbocycles. The Labute approximate surface area is 224 Å². The standard InChI is InChI=1S/C28H29N5O5S/c34-26-22-4-2-1-3-21(22)25(31-32-26)17-12-28(13-17)14-18(15-28)30-27(35)23-16-29-24-11-20(5-8-33(23)24)38-19-6-9-39(36,37)10-7-19/h1-5,8,11,16-19H,6-7,9-10,12-15H2,(H,30,35)(H,32,34). The van der Waals surface area contributed by atoms with E-state index < -0.39 is 9.84 Å². The maximum Gasteiger partial charge on any atom is 0.272 e. The summed E-state index contributed by atoms with van der Waals surface area (Å²) in [5.74, 6) is 1.08. The summed E-state index contributed by atoms with van der Waals surface area (Å²) in [5, 5.41) is 11.8. The van der Waals surface area contributed by atoms with Crippen molar-refractivity contribution in [1.82, 2.24) is 24.9 Å². The quantitative estimate of drug-likeness (QED) is 0.392. The van der Waals surface area contributed by atoms with Crippen molar-refractivity contribution in [3.05, 3.63) is 70.5 Å². The second-order valence-electron chi connectivity index (χ2n) is 11.4. The zero-order valence-electron chi connectivity index (χ0n) is 21.3. The molecule has 0 unspecified atom stereocenters. The Morgan fingerprint density at radius 3 is 2.59 bits per heavy atom. The number of carbonyl (C=O) groups excluding carboxylic acids is 1. The lowest BCUT2D eigenvalue weighted by molar-refractivity contribution is -0.0197. The Balaban J connectivity index is 0.959. The van der Waals surface area contributed by atoms with Crippen molar-refractivity contribution < 1.29 is 17.9 Å². The van der Waals surface area contributed by atoms with Gasteiger partial charge in [0.25, 0.3) is 11.5 Å². The van der Waals surface area contributed by atoms with Crippen LogP contribution >= 0.6 is 0 Å². The van der Waals surface area contributed by atoms with Gasteiger partial charge < -0.3 is 10.1 Å². The zero-order valence-corrected chi connectivity index (χ0v) is 22.1. The number of H-pyrrole nitrogens is 1. The molecule has 2 N–H and O–H groups in total. The van der Waals surface area contributed by atoms with Gasteiger partial charge in [0.1, 0.15) is 23.2 Å². The maximum absolute atomic E-state index is 13.1. The number of imidazole rings is 1. The predicted molar refractivity (Wildman–Crippen MR) is 145 cm³/mol. The number of aromatic nitrogens is 4. The van der Waals surface area contributed by atoms with Gasteiger partial charge in [0.05, 0.1) is 28.8 Å². The van der Waals surface area contributed by atoms with Gasteiger partial charge in [-0.25, -0.2) is 18.5 Å². The lowest BCUT2D eigenvalue weighted by Gasteiger charge is -2.57. The lowest BCUT2D eigenvalue weighted by Crippen LogP contribution is -2.55. The van der Waals surface area contributed by atoms with Gasteiger partial charge in [-0.05, 0) is 56.1 Å². The van der Waals surface area contributed by atoms with E-state index in [0.717, 1.165) is 36.8 Å². The molecule has 2 aliphatic carbocycles. The third-order valence-electron chi connectivity index (χ3n) is 8.69. The van der Waals surface area contributed by atoms with E-state index in [1.54, 1.807) is 28.9 Å². The largest absolute Gasteiger partial charge is 0.490 e. The summed E-state index contributed by atoms with van der Waals surface area (Å²) >= 11 is 0. The molecule has 1 amide bonds. The number of fused-ring (bicyclic) bond motifs is 2. The molecule has 3 aliphatic rings. The molecule has 7 rings (SSSR count). The van der Waals surface area contributed by atoms with Crippen LogP contribution in [0.25, 0.3) is 16.4 Å². The number of hydrogen-bond donors (Lipinski definition) is 2. The van der Waals surface area contributed by atoms with E-state index in [-0.39, 0.29) is 40.5 Å². The summed E-state index contributed by atoms with van der Waals surface area (Å²) in [6, 6.07) is 11.3. The Hall–Kier alpha value is -3.73. The Bertz CT molecular complexity index is 1750. The van der Waals surface area contributed by atoms with E-state index in [0.29, 0.717) is 41.2 Å². The first-order valence-corrected chi connectivity index (χ1v) is 15.2. The van der Waals surface area contributed by atoms with E-state index in [4.69, 9.17) is 4.74 Å². The number of aromatic amines is 1. The number of nitrogens with zero attached hydrogens (tertiary/aromatic N) is 3. The predicted octanol–water partition coefficient (Wildman–Crippen LogP) is 2.98. The van der Waals surface area contributed by atoms with E-state index in [9.17, 15) is 18.0 Å². The summed E-state index contributed by atoms with van der Waals surface area (Å²) in [4.78, 5) is 29.6. The molecule has 4 heterocycles. The second-order valence-corrected chi connectivity index (χ2v) is 13.7. The molecule has 1 saturated heterocycles. The van der Waals surface area contributed by atoms with Crippen LogP contribution in [0.2, 0.25) is 0 Å². The summed E-state index contributed by atoms with van der Waals surface area (Å²) < 4.78 is 31.0. The van der Waals surface area contributed by atoms with E-state index in [1.165, 1.54) is 0 Å². The fourth-order valence-corrected chi connectivity index (χ4v) is 8.14. The number of carbonyl (C=O) groups is 1. The average Bonchev–Trinajstić information content (AvgIpc) is 3.30. The van der Waals surface area contributed by atoms with Gasteiger partial charge >= 0.3 is 0 Å². The number of hydrogen-bond acceptors (Lipinski definition) is 7. The molecule has 0 bridgehead atoms. The van der Waals surface area contributed by atoms with Gasteiger partial charge in [-0.1, -0.05) is 18.2 Å². The third kappa shape index (κ3) is 4.38. The van der Waals surface area contributed by atoms with Gasteiger partial charge in [0.2, 0.25) is 0 Å². The molecule has 11 heteroatoms. The van der Waals surface area contributed by atoms with Crippen molar-refractivity contribution in [2.24, 2.45) is 5.41 Å². The molecule has 3 aromatic heterocycles. The lowest BCUT2D eigenvalue weighted by atomic mass is 9.49. The minimum absolute atomic E-state index is 0.120. The second kappa shape index (κ2) is 8.90. The summed E-state index contributed by atoms with van der Waals surface area (Å²) in [5.41, 5.74) is 2.11. The Morgan fingerprint density at radius 2 is 1.82 bits per heavy atom. The highest BCUT2D eigenvalue weighted by Gasteiger charge is 2.54. The normalized spacial score (nSPS) is 26.3. The SMILES string of the molecule is O=C(NC1CC2(C1)CC(c1n[nH]c(=O)c3ccccc13)C2)c1cnc2cc(OC3CCS(=O)(=O)CC3)ccn12. The molecular weight excluding hydrogens is 518 g/mol. The molecule has 0 radical (unpaired) electrons. The van der Waals surface area contributed by atoms with Crippen LogP contribution in [-0.4, -0.2) is 57.6 Å². The highest BCUT2D eigenvalue weighted by atomic mass is 32.2. The van der Waals surface area contributed by atoms with Crippen LogP contribution in [0.5, 0.6) is 5.75 Å². The number of nitrogens with one attached hydrogen (secondary N) is 2. The number of rotatable bonds is 5. The number of pyridine rings is 1. The van der Waals surface area contributed by atoms with Crippen LogP contribution in [0.3, 0.4) is 0 Å². The molecule has 10 nitrogen and oxygen atoms in total. The molecule has 0 atom stereocenters. The minimum atomic E-state index is -2.94. The van der Waals surface area contributed by atoms with Crippen LogP contribution in [0.15, 0.2) is 53.6 Å². The molecule has 39 heavy (non-hydrogen) atoms. The molecule has 202 valence electrons. The first-order valence-electron chi connectivity index (χ1n) is 13.4. The third-order valence-corrected chi connectivity index (χ3v) is 10.4. The van der Waals surface area contributed by atoms with Gasteiger partial charge in [0, 0.05) is 29.6 Å². The van der Waals surface area contributed by atoms with Crippen molar-refractivity contribution in [3.8, 4) is 5.75 Å². The number of ether oxygens (including phenoxy) is 1. The Morgan fingerprint density at radius 1 is 1.08 bits per heavy atom. The van der Waals surface area contributed by atoms with Gasteiger partial charge in [-0.3, -0.25) is 14.0 Å². The van der Waals surface area contributed by atoms with Crippen molar-refractivity contribution in [1.29, 1.82) is 0 Å². The van der Waals surface area contributed by atoms with Gasteiger partial charge in [-0.15, -0.1) is 0 Å². The first kappa shape index (κ1) is 24.3. The fraction of sp³-hybridized carbons (Fsp3) is 0.429. The number of benzene rings is 1. The van der Waals surface area contributed by atoms with Crippen molar-refractivity contribution in [2.45, 2.75) is 56.6 Å². The van der Waals surface area contributed by atoms with Crippen LogP contribution in [0, 0.1) is 5.41 Å². The van der Waals surface area contributed by atoms with E-state index >= 15 is 0 Å². The van der Waals surface area contributed by atoms with E-state index in [2.05, 4.69) is 20.5 Å². The maximum atomic E-state index is 13.1. The smallest absolute Gasteiger partial charge is 0.272 e. The molecule has 1 aromatic carbocycles. The topological polar surface area (TPSA) is 136 Å². The first-order chi connectivity index (χ1) is 18.8. The van der Waals surface area contributed by atoms with Crippen LogP contribution in [-0.2, 0) is 9.84 Å². The molecule has 4 aromatic rings. The summed E-state index contributed by atoms with van der Waals surface area (Å²) in [6.45, 7) is 0. The summed E-state index contributed by atoms with van der Waals surface area (Å²) in [7, 11) is -2.94. The average molecular weight is 548 g/mol. The van der Waals surface area contributed by atoms with Crippen LogP contribution < -0.4 is 15.6 Å². The Kier molecular flexibility index (Phi) is 5.55. The van der Waals surface area contributed by atoms with Crippen LogP contribution in [0.1, 0.15) is 60.6 Å². The van der Waals surface area contributed by atoms with Crippen LogP contribution in [0.4, 0.5) is 0 Å². The molecule has 3 fully saturated rings. The van der Waals surface area contributed by atoms with Crippen molar-refractivity contribution >= 4 is 32.2 Å².